The fraction of sp³-hybridized carbons (Fsp3) is 0.800. The fourth-order valence-corrected chi connectivity index (χ4v) is 1.08. The monoisotopic (exact) mass is 172 g/mol. The molecule has 2 nitrogen and oxygen atoms in total. The molecule has 0 heterocycles. The van der Waals surface area contributed by atoms with E-state index in [1.54, 1.807) is 0 Å². The van der Waals surface area contributed by atoms with Crippen molar-refractivity contribution in [3.63, 3.8) is 0 Å². The third-order valence-corrected chi connectivity index (χ3v) is 1.97. The van der Waals surface area contributed by atoms with Crippen LogP contribution in [0.1, 0.15) is 45.4 Å². The van der Waals surface area contributed by atoms with Gasteiger partial charge < -0.3 is 10.2 Å². The topological polar surface area (TPSA) is 40.5 Å². The lowest BCUT2D eigenvalue weighted by molar-refractivity contribution is -0.0100. The van der Waals surface area contributed by atoms with Crippen LogP contribution >= 0.6 is 0 Å². The minimum absolute atomic E-state index is 0.534. The summed E-state index contributed by atoms with van der Waals surface area (Å²) in [4.78, 5) is 0. The Morgan fingerprint density at radius 2 is 1.75 bits per heavy atom. The van der Waals surface area contributed by atoms with Crippen LogP contribution in [0.5, 0.6) is 0 Å². The first-order chi connectivity index (χ1) is 5.68. The van der Waals surface area contributed by atoms with E-state index in [-0.39, 0.29) is 0 Å². The number of aliphatic hydroxyl groups is 2. The number of rotatable bonds is 7. The van der Waals surface area contributed by atoms with Crippen LogP contribution in [0.25, 0.3) is 0 Å². The molecule has 0 fully saturated rings. The summed E-state index contributed by atoms with van der Waals surface area (Å²) in [6, 6.07) is 0. The minimum Gasteiger partial charge on any atom is -0.365 e. The zero-order valence-corrected chi connectivity index (χ0v) is 7.92. The molecule has 2 N–H and O–H groups in total. The van der Waals surface area contributed by atoms with Gasteiger partial charge in [-0.05, 0) is 18.4 Å². The van der Waals surface area contributed by atoms with E-state index in [0.29, 0.717) is 5.57 Å². The molecule has 72 valence electrons. The van der Waals surface area contributed by atoms with Crippen LogP contribution in [0.2, 0.25) is 0 Å². The van der Waals surface area contributed by atoms with Gasteiger partial charge in [0.1, 0.15) is 0 Å². The second-order valence-corrected chi connectivity index (χ2v) is 3.20. The molecule has 0 radical (unpaired) electrons. The van der Waals surface area contributed by atoms with Crippen LogP contribution in [-0.4, -0.2) is 16.5 Å². The van der Waals surface area contributed by atoms with Crippen LogP contribution in [0.4, 0.5) is 0 Å². The van der Waals surface area contributed by atoms with E-state index >= 15 is 0 Å². The Bertz CT molecular complexity index is 119. The third-order valence-electron chi connectivity index (χ3n) is 1.97. The average molecular weight is 172 g/mol. The van der Waals surface area contributed by atoms with E-state index in [4.69, 9.17) is 10.2 Å². The Morgan fingerprint density at radius 1 is 1.17 bits per heavy atom. The van der Waals surface area contributed by atoms with Gasteiger partial charge in [0.15, 0.2) is 6.29 Å². The Morgan fingerprint density at radius 3 is 2.25 bits per heavy atom. The summed E-state index contributed by atoms with van der Waals surface area (Å²) in [7, 11) is 0. The number of unbranched alkanes of at least 4 members (excludes halogenated alkanes) is 4. The van der Waals surface area contributed by atoms with E-state index in [9.17, 15) is 0 Å². The highest BCUT2D eigenvalue weighted by molar-refractivity contribution is 4.96. The molecule has 2 heteroatoms. The molecule has 0 rings (SSSR count). The maximum absolute atomic E-state index is 8.68. The number of hydrogen-bond donors (Lipinski definition) is 2. The lowest BCUT2D eigenvalue weighted by Crippen LogP contribution is -2.06. The van der Waals surface area contributed by atoms with E-state index < -0.39 is 6.29 Å². The Labute approximate surface area is 74.9 Å². The van der Waals surface area contributed by atoms with Crippen LogP contribution < -0.4 is 0 Å². The normalized spacial score (nSPS) is 10.7. The fourth-order valence-electron chi connectivity index (χ4n) is 1.08. The van der Waals surface area contributed by atoms with Gasteiger partial charge in [-0.25, -0.2) is 0 Å². The molecule has 0 saturated carbocycles. The molecule has 0 unspecified atom stereocenters. The molecule has 0 bridgehead atoms. The summed E-state index contributed by atoms with van der Waals surface area (Å²) in [6.45, 7) is 5.75. The van der Waals surface area contributed by atoms with Crippen molar-refractivity contribution in [1.29, 1.82) is 0 Å². The maximum Gasteiger partial charge on any atom is 0.174 e. The van der Waals surface area contributed by atoms with Crippen molar-refractivity contribution in [2.45, 2.75) is 51.7 Å². The van der Waals surface area contributed by atoms with Gasteiger partial charge in [0, 0.05) is 0 Å². The summed E-state index contributed by atoms with van der Waals surface area (Å²) in [5.74, 6) is 0. The standard InChI is InChI=1S/C10H20O2/c1-3-4-5-6-7-8-9(2)10(11)12/h10-12H,2-8H2,1H3. The second kappa shape index (κ2) is 7.32. The van der Waals surface area contributed by atoms with E-state index in [1.165, 1.54) is 25.7 Å². The predicted molar refractivity (Wildman–Crippen MR) is 50.7 cm³/mol. The molecule has 0 saturated heterocycles. The number of hydrogen-bond acceptors (Lipinski definition) is 2. The molecular weight excluding hydrogens is 152 g/mol. The first-order valence-corrected chi connectivity index (χ1v) is 4.72. The van der Waals surface area contributed by atoms with Crippen molar-refractivity contribution in [3.8, 4) is 0 Å². The molecule has 0 spiro atoms. The lowest BCUT2D eigenvalue weighted by atomic mass is 10.1. The van der Waals surface area contributed by atoms with Crippen LogP contribution in [-0.2, 0) is 0 Å². The molecule has 0 atom stereocenters. The van der Waals surface area contributed by atoms with Crippen molar-refractivity contribution in [1.82, 2.24) is 0 Å². The van der Waals surface area contributed by atoms with Gasteiger partial charge in [0.25, 0.3) is 0 Å². The van der Waals surface area contributed by atoms with Crippen molar-refractivity contribution in [3.05, 3.63) is 12.2 Å². The van der Waals surface area contributed by atoms with Gasteiger partial charge in [-0.3, -0.25) is 0 Å². The Balaban J connectivity index is 3.14. The van der Waals surface area contributed by atoms with E-state index in [1.807, 2.05) is 0 Å². The molecule has 0 aliphatic carbocycles. The minimum atomic E-state index is -1.32. The molecule has 0 aliphatic heterocycles. The quantitative estimate of drug-likeness (QED) is 0.351. The summed E-state index contributed by atoms with van der Waals surface area (Å²) in [5.41, 5.74) is 0.534. The first kappa shape index (κ1) is 11.7. The summed E-state index contributed by atoms with van der Waals surface area (Å²) < 4.78 is 0. The maximum atomic E-state index is 8.68. The third kappa shape index (κ3) is 6.38. The lowest BCUT2D eigenvalue weighted by Gasteiger charge is -2.06. The summed E-state index contributed by atoms with van der Waals surface area (Å²) in [5, 5.41) is 17.4. The van der Waals surface area contributed by atoms with Gasteiger partial charge in [0.05, 0.1) is 0 Å². The average Bonchev–Trinajstić information content (AvgIpc) is 2.03. The Hall–Kier alpha value is -0.340. The van der Waals surface area contributed by atoms with Crippen molar-refractivity contribution in [2.24, 2.45) is 0 Å². The van der Waals surface area contributed by atoms with Gasteiger partial charge in [0.2, 0.25) is 0 Å². The van der Waals surface area contributed by atoms with Gasteiger partial charge in [-0.2, -0.15) is 0 Å². The zero-order valence-electron chi connectivity index (χ0n) is 7.92. The Kier molecular flexibility index (Phi) is 7.11. The summed E-state index contributed by atoms with van der Waals surface area (Å²) >= 11 is 0. The molecule has 0 aliphatic rings. The molecule has 0 aromatic rings. The summed E-state index contributed by atoms with van der Waals surface area (Å²) in [6.07, 6.45) is 5.36. The highest BCUT2D eigenvalue weighted by Gasteiger charge is 2.01. The van der Waals surface area contributed by atoms with Gasteiger partial charge in [-0.15, -0.1) is 0 Å². The molecule has 12 heavy (non-hydrogen) atoms. The van der Waals surface area contributed by atoms with Gasteiger partial charge >= 0.3 is 0 Å². The molecular formula is C10H20O2. The van der Waals surface area contributed by atoms with Crippen molar-refractivity contribution >= 4 is 0 Å². The highest BCUT2D eigenvalue weighted by Crippen LogP contribution is 2.11. The highest BCUT2D eigenvalue weighted by atomic mass is 16.5. The number of aliphatic hydroxyl groups excluding tert-OH is 1. The molecule has 0 aromatic heterocycles. The van der Waals surface area contributed by atoms with Crippen LogP contribution in [0.3, 0.4) is 0 Å². The first-order valence-electron chi connectivity index (χ1n) is 4.72. The van der Waals surface area contributed by atoms with Crippen LogP contribution in [0.15, 0.2) is 12.2 Å². The second-order valence-electron chi connectivity index (χ2n) is 3.20. The van der Waals surface area contributed by atoms with Crippen molar-refractivity contribution < 1.29 is 10.2 Å². The van der Waals surface area contributed by atoms with Gasteiger partial charge in [-0.1, -0.05) is 39.2 Å². The van der Waals surface area contributed by atoms with E-state index in [0.717, 1.165) is 12.8 Å². The smallest absolute Gasteiger partial charge is 0.174 e. The SMILES string of the molecule is C=C(CCCCCCC)C(O)O. The largest absolute Gasteiger partial charge is 0.365 e. The zero-order chi connectivity index (χ0) is 9.40. The predicted octanol–water partition coefficient (Wildman–Crippen LogP) is 2.21. The van der Waals surface area contributed by atoms with E-state index in [2.05, 4.69) is 13.5 Å². The van der Waals surface area contributed by atoms with Crippen molar-refractivity contribution in [2.75, 3.05) is 0 Å². The molecule has 0 aromatic carbocycles. The molecule has 0 amide bonds. The van der Waals surface area contributed by atoms with Crippen LogP contribution in [0, 0.1) is 0 Å².